The Labute approximate surface area is 89.5 Å². The fraction of sp³-hybridized carbons (Fsp3) is 1.00. The zero-order valence-electron chi connectivity index (χ0n) is 9.64. The zero-order chi connectivity index (χ0) is 9.64. The van der Waals surface area contributed by atoms with Crippen LogP contribution in [0.5, 0.6) is 0 Å². The van der Waals surface area contributed by atoms with Crippen molar-refractivity contribution in [1.29, 1.82) is 0 Å². The van der Waals surface area contributed by atoms with Gasteiger partial charge in [0, 0.05) is 0 Å². The summed E-state index contributed by atoms with van der Waals surface area (Å²) >= 11 is 0. The third-order valence-corrected chi connectivity index (χ3v) is 4.31. The molecule has 0 heteroatoms. The van der Waals surface area contributed by atoms with Crippen LogP contribution < -0.4 is 0 Å². The molecule has 3 saturated carbocycles. The van der Waals surface area contributed by atoms with Crippen LogP contribution >= 0.6 is 0 Å². The quantitative estimate of drug-likeness (QED) is 0.513. The minimum atomic E-state index is 1.14. The van der Waals surface area contributed by atoms with E-state index in [0.29, 0.717) is 0 Å². The lowest BCUT2D eigenvalue weighted by atomic mass is 9.70. The van der Waals surface area contributed by atoms with E-state index in [9.17, 15) is 0 Å². The van der Waals surface area contributed by atoms with Gasteiger partial charge < -0.3 is 0 Å². The molecule has 0 aromatic heterocycles. The van der Waals surface area contributed by atoms with Crippen molar-refractivity contribution in [2.45, 2.75) is 77.0 Å². The molecule has 0 aromatic rings. The molecular weight excluding hydrogens is 168 g/mol. The molecule has 3 aliphatic rings. The van der Waals surface area contributed by atoms with E-state index in [-0.39, 0.29) is 0 Å². The monoisotopic (exact) mass is 194 g/mol. The van der Waals surface area contributed by atoms with Gasteiger partial charge in [-0.25, -0.2) is 0 Å². The maximum atomic E-state index is 1.58. The summed E-state index contributed by atoms with van der Waals surface area (Å²) in [4.78, 5) is 0. The Kier molecular flexibility index (Phi) is 4.34. The molecule has 2 bridgehead atoms. The lowest BCUT2D eigenvalue weighted by Gasteiger charge is -2.35. The minimum absolute atomic E-state index is 1.14. The summed E-state index contributed by atoms with van der Waals surface area (Å²) in [5, 5.41) is 0. The second kappa shape index (κ2) is 5.78. The van der Waals surface area contributed by atoms with Crippen LogP contribution in [0, 0.1) is 11.8 Å². The molecule has 82 valence electrons. The fourth-order valence-electron chi connectivity index (χ4n) is 3.27. The summed E-state index contributed by atoms with van der Waals surface area (Å²) in [5.41, 5.74) is 0. The highest BCUT2D eigenvalue weighted by Crippen LogP contribution is 2.40. The van der Waals surface area contributed by atoms with Gasteiger partial charge in [-0.05, 0) is 24.7 Å². The van der Waals surface area contributed by atoms with E-state index < -0.39 is 0 Å². The van der Waals surface area contributed by atoms with Crippen molar-refractivity contribution < 1.29 is 0 Å². The van der Waals surface area contributed by atoms with Gasteiger partial charge in [0.15, 0.2) is 0 Å². The van der Waals surface area contributed by atoms with Crippen molar-refractivity contribution in [2.75, 3.05) is 0 Å². The Morgan fingerprint density at radius 2 is 0.786 bits per heavy atom. The van der Waals surface area contributed by atoms with E-state index in [4.69, 9.17) is 0 Å². The number of hydrogen-bond acceptors (Lipinski definition) is 0. The van der Waals surface area contributed by atoms with Crippen LogP contribution in [-0.4, -0.2) is 0 Å². The molecule has 3 aliphatic carbocycles. The summed E-state index contributed by atoms with van der Waals surface area (Å²) in [5.74, 6) is 2.28. The van der Waals surface area contributed by atoms with Gasteiger partial charge in [-0.2, -0.15) is 0 Å². The summed E-state index contributed by atoms with van der Waals surface area (Å²) in [7, 11) is 0. The van der Waals surface area contributed by atoms with Gasteiger partial charge in [-0.1, -0.05) is 64.2 Å². The highest BCUT2D eigenvalue weighted by atomic mass is 14.3. The van der Waals surface area contributed by atoms with Crippen LogP contribution in [0.2, 0.25) is 0 Å². The molecule has 3 rings (SSSR count). The average Bonchev–Trinajstić information content (AvgIpc) is 2.16. The molecule has 0 N–H and O–H groups in total. The topological polar surface area (TPSA) is 0 Å². The van der Waals surface area contributed by atoms with Crippen LogP contribution in [0.1, 0.15) is 77.0 Å². The molecule has 0 atom stereocenters. The maximum absolute atomic E-state index is 1.58. The molecule has 0 amide bonds. The first-order valence-corrected chi connectivity index (χ1v) is 6.95. The van der Waals surface area contributed by atoms with Gasteiger partial charge >= 0.3 is 0 Å². The van der Waals surface area contributed by atoms with Crippen molar-refractivity contribution in [3.8, 4) is 0 Å². The number of rotatable bonds is 0. The molecule has 0 spiro atoms. The molecule has 0 nitrogen and oxygen atoms in total. The molecule has 0 unspecified atom stereocenters. The SMILES string of the molecule is C1CCCCCC2CC(CCCC1)C2. The Morgan fingerprint density at radius 1 is 0.429 bits per heavy atom. The van der Waals surface area contributed by atoms with Gasteiger partial charge in [-0.15, -0.1) is 0 Å². The molecular formula is C14H26. The summed E-state index contributed by atoms with van der Waals surface area (Å²) in [6.45, 7) is 0. The van der Waals surface area contributed by atoms with Gasteiger partial charge in [0.1, 0.15) is 0 Å². The predicted octanol–water partition coefficient (Wildman–Crippen LogP) is 4.93. The lowest BCUT2D eigenvalue weighted by molar-refractivity contribution is 0.164. The van der Waals surface area contributed by atoms with Gasteiger partial charge in [0.05, 0.1) is 0 Å². The summed E-state index contributed by atoms with van der Waals surface area (Å²) in [6.07, 6.45) is 18.4. The highest BCUT2D eigenvalue weighted by molar-refractivity contribution is 4.79. The minimum Gasteiger partial charge on any atom is -0.0533 e. The van der Waals surface area contributed by atoms with Crippen LogP contribution in [0.4, 0.5) is 0 Å². The van der Waals surface area contributed by atoms with Crippen molar-refractivity contribution in [2.24, 2.45) is 11.8 Å². The average molecular weight is 194 g/mol. The largest absolute Gasteiger partial charge is 0.0533 e. The van der Waals surface area contributed by atoms with Crippen molar-refractivity contribution in [3.63, 3.8) is 0 Å². The molecule has 0 heterocycles. The van der Waals surface area contributed by atoms with Gasteiger partial charge in [0.25, 0.3) is 0 Å². The Morgan fingerprint density at radius 3 is 1.21 bits per heavy atom. The Bertz CT molecular complexity index is 123. The summed E-state index contributed by atoms with van der Waals surface area (Å²) < 4.78 is 0. The van der Waals surface area contributed by atoms with E-state index >= 15 is 0 Å². The zero-order valence-corrected chi connectivity index (χ0v) is 9.64. The standard InChI is InChI=1S/C14H26/c1-2-4-6-8-10-14-11-13(12-14)9-7-5-3-1/h13-14H,1-12H2. The summed E-state index contributed by atoms with van der Waals surface area (Å²) in [6, 6.07) is 0. The second-order valence-electron chi connectivity index (χ2n) is 5.61. The van der Waals surface area contributed by atoms with E-state index in [1.165, 1.54) is 51.4 Å². The van der Waals surface area contributed by atoms with E-state index in [0.717, 1.165) is 11.8 Å². The molecule has 0 aromatic carbocycles. The smallest absolute Gasteiger partial charge is 0.0409 e. The van der Waals surface area contributed by atoms with Crippen molar-refractivity contribution >= 4 is 0 Å². The molecule has 0 aliphatic heterocycles. The van der Waals surface area contributed by atoms with Gasteiger partial charge in [0.2, 0.25) is 0 Å². The Balaban J connectivity index is 1.66. The van der Waals surface area contributed by atoms with E-state index in [1.807, 2.05) is 0 Å². The third-order valence-electron chi connectivity index (χ3n) is 4.31. The molecule has 3 fully saturated rings. The maximum Gasteiger partial charge on any atom is -0.0409 e. The fourth-order valence-corrected chi connectivity index (χ4v) is 3.27. The first-order valence-electron chi connectivity index (χ1n) is 6.95. The molecule has 14 heavy (non-hydrogen) atoms. The van der Waals surface area contributed by atoms with Crippen molar-refractivity contribution in [3.05, 3.63) is 0 Å². The van der Waals surface area contributed by atoms with Gasteiger partial charge in [-0.3, -0.25) is 0 Å². The normalized spacial score (nSPS) is 36.0. The lowest BCUT2D eigenvalue weighted by Crippen LogP contribution is -2.23. The van der Waals surface area contributed by atoms with Crippen LogP contribution in [0.3, 0.4) is 0 Å². The number of fused-ring (bicyclic) bond motifs is 9. The first-order chi connectivity index (χ1) is 6.95. The van der Waals surface area contributed by atoms with E-state index in [2.05, 4.69) is 0 Å². The second-order valence-corrected chi connectivity index (χ2v) is 5.61. The highest BCUT2D eigenvalue weighted by Gasteiger charge is 2.27. The van der Waals surface area contributed by atoms with Crippen molar-refractivity contribution in [1.82, 2.24) is 0 Å². The van der Waals surface area contributed by atoms with Crippen LogP contribution in [0.15, 0.2) is 0 Å². The first kappa shape index (κ1) is 10.5. The van der Waals surface area contributed by atoms with Crippen LogP contribution in [0.25, 0.3) is 0 Å². The Hall–Kier alpha value is 0. The van der Waals surface area contributed by atoms with E-state index in [1.54, 1.807) is 25.7 Å². The third kappa shape index (κ3) is 3.29. The molecule has 0 saturated heterocycles. The van der Waals surface area contributed by atoms with Crippen LogP contribution in [-0.2, 0) is 0 Å². The predicted molar refractivity (Wildman–Crippen MR) is 62.4 cm³/mol. The number of hydrogen-bond donors (Lipinski definition) is 0. The molecule has 0 radical (unpaired) electrons.